The van der Waals surface area contributed by atoms with E-state index in [1.807, 2.05) is 48.5 Å². The molecule has 192 valence electrons. The zero-order valence-corrected chi connectivity index (χ0v) is 20.4. The zero-order valence-electron chi connectivity index (χ0n) is 20.4. The van der Waals surface area contributed by atoms with Crippen LogP contribution in [0.2, 0.25) is 0 Å². The molecule has 0 unspecified atom stereocenters. The maximum absolute atomic E-state index is 12.2. The summed E-state index contributed by atoms with van der Waals surface area (Å²) >= 11 is 0. The smallest absolute Gasteiger partial charge is 0.332 e. The number of rotatable bonds is 8. The molecule has 0 fully saturated rings. The molecule has 35 heavy (non-hydrogen) atoms. The van der Waals surface area contributed by atoms with Crippen molar-refractivity contribution >= 4 is 5.97 Å². The summed E-state index contributed by atoms with van der Waals surface area (Å²) in [5.41, 5.74) is 0. The summed E-state index contributed by atoms with van der Waals surface area (Å²) in [4.78, 5) is 12.2. The molecule has 3 rings (SSSR count). The third kappa shape index (κ3) is 10.0. The van der Waals surface area contributed by atoms with Crippen LogP contribution in [0.25, 0.3) is 0 Å². The largest absolute Gasteiger partial charge is 0.487 e. The molecule has 0 aromatic heterocycles. The lowest BCUT2D eigenvalue weighted by molar-refractivity contribution is -0.152. The van der Waals surface area contributed by atoms with Crippen molar-refractivity contribution in [3.8, 4) is 23.0 Å². The average molecular weight is 489 g/mol. The SMILES string of the molecule is CCCCCCOC(=O)COC1COc2ccccc2OCCOCCOc2ccccc2OC1. The van der Waals surface area contributed by atoms with E-state index in [9.17, 15) is 4.79 Å². The summed E-state index contributed by atoms with van der Waals surface area (Å²) in [6, 6.07) is 14.8. The summed E-state index contributed by atoms with van der Waals surface area (Å²) in [7, 11) is 0. The summed E-state index contributed by atoms with van der Waals surface area (Å²) in [5.74, 6) is 1.97. The Hall–Kier alpha value is -2.97. The lowest BCUT2D eigenvalue weighted by Crippen LogP contribution is -2.31. The predicted octanol–water partition coefficient (Wildman–Crippen LogP) is 4.44. The normalized spacial score (nSPS) is 15.3. The zero-order chi connectivity index (χ0) is 24.6. The van der Waals surface area contributed by atoms with Crippen LogP contribution in [-0.4, -0.2) is 64.9 Å². The molecule has 2 aromatic rings. The van der Waals surface area contributed by atoms with Crippen LogP contribution < -0.4 is 18.9 Å². The van der Waals surface area contributed by atoms with Gasteiger partial charge < -0.3 is 33.2 Å². The Bertz CT molecular complexity index is 816. The topological polar surface area (TPSA) is 81.7 Å². The number of ether oxygens (including phenoxy) is 7. The molecule has 0 bridgehead atoms. The molecule has 8 nitrogen and oxygen atoms in total. The van der Waals surface area contributed by atoms with Gasteiger partial charge in [-0.2, -0.15) is 0 Å². The van der Waals surface area contributed by atoms with Crippen LogP contribution in [0.15, 0.2) is 48.5 Å². The van der Waals surface area contributed by atoms with Crippen molar-refractivity contribution in [3.05, 3.63) is 48.5 Å². The first-order valence-electron chi connectivity index (χ1n) is 12.3. The molecule has 0 radical (unpaired) electrons. The van der Waals surface area contributed by atoms with Gasteiger partial charge in [0, 0.05) is 0 Å². The molecule has 1 heterocycles. The second-order valence-corrected chi connectivity index (χ2v) is 8.04. The summed E-state index contributed by atoms with van der Waals surface area (Å²) in [6.07, 6.45) is 3.64. The second-order valence-electron chi connectivity index (χ2n) is 8.04. The quantitative estimate of drug-likeness (QED) is 0.399. The highest BCUT2D eigenvalue weighted by Crippen LogP contribution is 2.28. The molecule has 0 aliphatic carbocycles. The number of carbonyl (C=O) groups excluding carboxylic acids is 1. The Kier molecular flexibility index (Phi) is 12.1. The molecule has 0 saturated heterocycles. The fraction of sp³-hybridized carbons (Fsp3) is 0.519. The highest BCUT2D eigenvalue weighted by molar-refractivity contribution is 5.70. The first-order chi connectivity index (χ1) is 17.3. The third-order valence-corrected chi connectivity index (χ3v) is 5.22. The van der Waals surface area contributed by atoms with Crippen LogP contribution in [-0.2, 0) is 19.0 Å². The summed E-state index contributed by atoms with van der Waals surface area (Å²) in [6.45, 7) is 4.27. The van der Waals surface area contributed by atoms with Crippen molar-refractivity contribution in [2.45, 2.75) is 38.7 Å². The van der Waals surface area contributed by atoms with Crippen molar-refractivity contribution in [2.75, 3.05) is 52.9 Å². The van der Waals surface area contributed by atoms with Crippen LogP contribution in [0, 0.1) is 0 Å². The van der Waals surface area contributed by atoms with E-state index in [1.54, 1.807) is 0 Å². The van der Waals surface area contributed by atoms with Crippen LogP contribution in [0.4, 0.5) is 0 Å². The van der Waals surface area contributed by atoms with Gasteiger partial charge in [0.25, 0.3) is 0 Å². The maximum atomic E-state index is 12.2. The molecule has 1 aliphatic heterocycles. The number of fused-ring (bicyclic) bond motifs is 2. The maximum Gasteiger partial charge on any atom is 0.332 e. The van der Waals surface area contributed by atoms with E-state index >= 15 is 0 Å². The second kappa shape index (κ2) is 15.8. The molecule has 2 aromatic carbocycles. The minimum atomic E-state index is -0.528. The molecule has 0 N–H and O–H groups in total. The Labute approximate surface area is 207 Å². The minimum absolute atomic E-state index is 0.156. The van der Waals surface area contributed by atoms with E-state index in [1.165, 1.54) is 0 Å². The van der Waals surface area contributed by atoms with Gasteiger partial charge in [-0.1, -0.05) is 50.5 Å². The molecule has 0 amide bonds. The molecule has 8 heteroatoms. The molecule has 0 spiro atoms. The molecule has 1 aliphatic rings. The van der Waals surface area contributed by atoms with Crippen molar-refractivity contribution < 1.29 is 38.0 Å². The molecule has 0 atom stereocenters. The van der Waals surface area contributed by atoms with Crippen LogP contribution in [0.1, 0.15) is 32.6 Å². The van der Waals surface area contributed by atoms with Gasteiger partial charge in [-0.3, -0.25) is 0 Å². The van der Waals surface area contributed by atoms with Crippen molar-refractivity contribution in [1.82, 2.24) is 0 Å². The monoisotopic (exact) mass is 488 g/mol. The first kappa shape index (κ1) is 26.6. The van der Waals surface area contributed by atoms with Crippen molar-refractivity contribution in [3.63, 3.8) is 0 Å². The van der Waals surface area contributed by atoms with E-state index in [0.29, 0.717) is 56.0 Å². The van der Waals surface area contributed by atoms with E-state index in [4.69, 9.17) is 33.2 Å². The van der Waals surface area contributed by atoms with Crippen LogP contribution in [0.5, 0.6) is 23.0 Å². The fourth-order valence-corrected chi connectivity index (χ4v) is 3.35. The minimum Gasteiger partial charge on any atom is -0.487 e. The number of unbranched alkanes of at least 4 members (excludes halogenated alkanes) is 3. The summed E-state index contributed by atoms with van der Waals surface area (Å²) in [5, 5.41) is 0. The van der Waals surface area contributed by atoms with Gasteiger partial charge >= 0.3 is 5.97 Å². The molecular formula is C27H36O8. The van der Waals surface area contributed by atoms with Crippen LogP contribution >= 0.6 is 0 Å². The Balaban J connectivity index is 1.62. The number of esters is 1. The predicted molar refractivity (Wildman–Crippen MR) is 131 cm³/mol. The lowest BCUT2D eigenvalue weighted by Gasteiger charge is -2.21. The highest BCUT2D eigenvalue weighted by atomic mass is 16.6. The average Bonchev–Trinajstić information content (AvgIpc) is 2.88. The Morgan fingerprint density at radius 3 is 1.86 bits per heavy atom. The van der Waals surface area contributed by atoms with Gasteiger partial charge in [-0.15, -0.1) is 0 Å². The number of carbonyl (C=O) groups is 1. The van der Waals surface area contributed by atoms with E-state index in [2.05, 4.69) is 6.92 Å². The third-order valence-electron chi connectivity index (χ3n) is 5.22. The number of hydrogen-bond donors (Lipinski definition) is 0. The van der Waals surface area contributed by atoms with Crippen molar-refractivity contribution in [1.29, 1.82) is 0 Å². The van der Waals surface area contributed by atoms with Gasteiger partial charge in [0.1, 0.15) is 39.1 Å². The Morgan fingerprint density at radius 1 is 0.771 bits per heavy atom. The Morgan fingerprint density at radius 2 is 1.31 bits per heavy atom. The van der Waals surface area contributed by atoms with Gasteiger partial charge in [0.15, 0.2) is 23.0 Å². The van der Waals surface area contributed by atoms with Gasteiger partial charge in [0.05, 0.1) is 19.8 Å². The lowest BCUT2D eigenvalue weighted by atomic mass is 10.2. The van der Waals surface area contributed by atoms with E-state index in [0.717, 1.165) is 25.7 Å². The van der Waals surface area contributed by atoms with E-state index in [-0.39, 0.29) is 19.8 Å². The molecular weight excluding hydrogens is 452 g/mol. The number of hydrogen-bond acceptors (Lipinski definition) is 8. The van der Waals surface area contributed by atoms with E-state index < -0.39 is 12.1 Å². The first-order valence-corrected chi connectivity index (χ1v) is 12.3. The standard InChI is InChI=1S/C27H36O8/c1-2-3-4-9-14-32-27(28)21-33-22-19-34-25-12-7-5-10-23(25)30-17-15-29-16-18-31-24-11-6-8-13-26(24)35-20-22/h5-8,10-13,22H,2-4,9,14-21H2,1H3. The van der Waals surface area contributed by atoms with Gasteiger partial charge in [-0.05, 0) is 30.7 Å². The highest BCUT2D eigenvalue weighted by Gasteiger charge is 2.17. The fourth-order valence-electron chi connectivity index (χ4n) is 3.35. The van der Waals surface area contributed by atoms with Crippen LogP contribution in [0.3, 0.4) is 0 Å². The van der Waals surface area contributed by atoms with Crippen molar-refractivity contribution in [2.24, 2.45) is 0 Å². The van der Waals surface area contributed by atoms with Gasteiger partial charge in [-0.25, -0.2) is 4.79 Å². The number of benzene rings is 2. The molecule has 0 saturated carbocycles. The van der Waals surface area contributed by atoms with Gasteiger partial charge in [0.2, 0.25) is 0 Å². The number of para-hydroxylation sites is 4. The summed E-state index contributed by atoms with van der Waals surface area (Å²) < 4.78 is 40.3.